The van der Waals surface area contributed by atoms with Gasteiger partial charge in [-0.25, -0.2) is 0 Å². The van der Waals surface area contributed by atoms with Crippen molar-refractivity contribution in [1.82, 2.24) is 15.4 Å². The fraction of sp³-hybridized carbons (Fsp3) is 0.250. The van der Waals surface area contributed by atoms with Crippen LogP contribution < -0.4 is 11.2 Å². The molecule has 0 amide bonds. The molecule has 5 nitrogen and oxygen atoms in total. The van der Waals surface area contributed by atoms with Gasteiger partial charge in [-0.3, -0.25) is 15.4 Å². The zero-order valence-electron chi connectivity index (χ0n) is 7.98. The average Bonchev–Trinajstić information content (AvgIpc) is 2.15. The summed E-state index contributed by atoms with van der Waals surface area (Å²) in [5.74, 6) is 0. The Bertz CT molecular complexity index is 374. The van der Waals surface area contributed by atoms with Crippen LogP contribution in [0.3, 0.4) is 0 Å². The molecule has 0 atom stereocenters. The van der Waals surface area contributed by atoms with E-state index >= 15 is 0 Å². The smallest absolute Gasteiger partial charge is 0.184 e. The number of nitrogens with zero attached hydrogens (tertiary/aromatic N) is 3. The molecule has 0 aromatic carbocycles. The number of thiocarbonyl (C=S) groups is 1. The van der Waals surface area contributed by atoms with Gasteiger partial charge in [0.05, 0.1) is 11.4 Å². The molecule has 0 bridgehead atoms. The molecule has 3 N–H and O–H groups in total. The second-order valence-electron chi connectivity index (χ2n) is 2.66. The summed E-state index contributed by atoms with van der Waals surface area (Å²) in [6, 6.07) is 0. The van der Waals surface area contributed by atoms with Crippen LogP contribution in [0.1, 0.15) is 18.3 Å². The maximum Gasteiger partial charge on any atom is 0.184 e. The molecule has 0 aliphatic rings. The molecule has 1 aromatic rings. The Balaban J connectivity index is 2.89. The van der Waals surface area contributed by atoms with Crippen LogP contribution in [0.25, 0.3) is 0 Å². The van der Waals surface area contributed by atoms with Crippen LogP contribution in [0.5, 0.6) is 0 Å². The highest BCUT2D eigenvalue weighted by Crippen LogP contribution is 2.00. The van der Waals surface area contributed by atoms with E-state index in [1.165, 1.54) is 0 Å². The fourth-order valence-electron chi connectivity index (χ4n) is 0.955. The summed E-state index contributed by atoms with van der Waals surface area (Å²) in [6.07, 6.45) is 3.25. The third kappa shape index (κ3) is 2.74. The fourth-order valence-corrected chi connectivity index (χ4v) is 1.00. The summed E-state index contributed by atoms with van der Waals surface area (Å²) in [7, 11) is 0. The Labute approximate surface area is 87.4 Å². The van der Waals surface area contributed by atoms with Crippen molar-refractivity contribution in [3.63, 3.8) is 0 Å². The van der Waals surface area contributed by atoms with E-state index in [4.69, 9.17) is 5.73 Å². The van der Waals surface area contributed by atoms with Crippen LogP contribution in [0.2, 0.25) is 0 Å². The lowest BCUT2D eigenvalue weighted by molar-refractivity contribution is 1.01. The number of nitrogens with one attached hydrogen (secondary N) is 1. The lowest BCUT2D eigenvalue weighted by atomic mass is 10.2. The molecule has 0 aliphatic heterocycles. The third-order valence-corrected chi connectivity index (χ3v) is 1.65. The van der Waals surface area contributed by atoms with Crippen LogP contribution in [0, 0.1) is 6.92 Å². The maximum atomic E-state index is 5.23. The number of nitrogens with two attached hydrogens (primary N) is 1. The van der Waals surface area contributed by atoms with E-state index in [-0.39, 0.29) is 5.11 Å². The van der Waals surface area contributed by atoms with Crippen LogP contribution in [-0.4, -0.2) is 20.8 Å². The van der Waals surface area contributed by atoms with E-state index in [2.05, 4.69) is 32.7 Å². The van der Waals surface area contributed by atoms with Crippen molar-refractivity contribution in [3.05, 3.63) is 23.8 Å². The zero-order valence-corrected chi connectivity index (χ0v) is 8.80. The van der Waals surface area contributed by atoms with Crippen LogP contribution >= 0.6 is 12.2 Å². The monoisotopic (exact) mass is 209 g/mol. The second-order valence-corrected chi connectivity index (χ2v) is 3.10. The Kier molecular flexibility index (Phi) is 3.47. The molecule has 6 heteroatoms. The van der Waals surface area contributed by atoms with Crippen LogP contribution in [0.15, 0.2) is 17.5 Å². The summed E-state index contributed by atoms with van der Waals surface area (Å²) in [5, 5.41) is 4.08. The van der Waals surface area contributed by atoms with E-state index in [1.54, 1.807) is 12.4 Å². The molecule has 74 valence electrons. The summed E-state index contributed by atoms with van der Waals surface area (Å²) in [6.45, 7) is 3.67. The zero-order chi connectivity index (χ0) is 10.6. The number of aromatic nitrogens is 2. The van der Waals surface area contributed by atoms with Crippen molar-refractivity contribution < 1.29 is 0 Å². The maximum absolute atomic E-state index is 5.23. The number of hydrogen-bond acceptors (Lipinski definition) is 4. The van der Waals surface area contributed by atoms with Gasteiger partial charge in [0, 0.05) is 12.4 Å². The van der Waals surface area contributed by atoms with Gasteiger partial charge in [-0.05, 0) is 26.1 Å². The van der Waals surface area contributed by atoms with Gasteiger partial charge < -0.3 is 5.73 Å². The number of aryl methyl sites for hydroxylation is 1. The van der Waals surface area contributed by atoms with Crippen molar-refractivity contribution in [2.45, 2.75) is 13.8 Å². The largest absolute Gasteiger partial charge is 0.375 e. The predicted octanol–water partition coefficient (Wildman–Crippen LogP) is 0.342. The first-order valence-corrected chi connectivity index (χ1v) is 4.40. The Morgan fingerprint density at radius 2 is 2.14 bits per heavy atom. The van der Waals surface area contributed by atoms with Crippen molar-refractivity contribution in [2.75, 3.05) is 0 Å². The van der Waals surface area contributed by atoms with Gasteiger partial charge in [-0.2, -0.15) is 5.10 Å². The molecule has 0 radical (unpaired) electrons. The van der Waals surface area contributed by atoms with Crippen LogP contribution in [0.4, 0.5) is 0 Å². The average molecular weight is 209 g/mol. The quantitative estimate of drug-likeness (QED) is 0.417. The van der Waals surface area contributed by atoms with Crippen LogP contribution in [-0.2, 0) is 0 Å². The highest BCUT2D eigenvalue weighted by Gasteiger charge is 2.03. The summed E-state index contributed by atoms with van der Waals surface area (Å²) < 4.78 is 0. The molecule has 0 spiro atoms. The van der Waals surface area contributed by atoms with Crippen molar-refractivity contribution in [1.29, 1.82) is 0 Å². The van der Waals surface area contributed by atoms with E-state index in [0.717, 1.165) is 11.4 Å². The standard InChI is InChI=1S/C8H11N5S/c1-5-7(11-4-3-10-5)6(2)12-13-8(9)14/h3-4H,1-2H3,(H3,9,13,14). The Hall–Kier alpha value is -1.56. The Morgan fingerprint density at radius 1 is 1.50 bits per heavy atom. The topological polar surface area (TPSA) is 76.2 Å². The minimum absolute atomic E-state index is 0.130. The normalized spacial score (nSPS) is 11.1. The molecule has 1 aromatic heterocycles. The highest BCUT2D eigenvalue weighted by molar-refractivity contribution is 7.80. The lowest BCUT2D eigenvalue weighted by Crippen LogP contribution is -2.25. The molecule has 0 unspecified atom stereocenters. The van der Waals surface area contributed by atoms with Crippen molar-refractivity contribution >= 4 is 23.0 Å². The first kappa shape index (κ1) is 10.5. The highest BCUT2D eigenvalue weighted by atomic mass is 32.1. The molecule has 14 heavy (non-hydrogen) atoms. The van der Waals surface area contributed by atoms with Crippen molar-refractivity contribution in [2.24, 2.45) is 10.8 Å². The second kappa shape index (κ2) is 4.61. The minimum Gasteiger partial charge on any atom is -0.375 e. The minimum atomic E-state index is 0.130. The van der Waals surface area contributed by atoms with Gasteiger partial charge in [-0.1, -0.05) is 0 Å². The molecule has 0 saturated carbocycles. The van der Waals surface area contributed by atoms with E-state index in [9.17, 15) is 0 Å². The van der Waals surface area contributed by atoms with E-state index in [0.29, 0.717) is 5.71 Å². The van der Waals surface area contributed by atoms with Gasteiger partial charge in [0.25, 0.3) is 0 Å². The van der Waals surface area contributed by atoms with Gasteiger partial charge in [0.1, 0.15) is 5.69 Å². The Morgan fingerprint density at radius 3 is 2.71 bits per heavy atom. The molecule has 0 aliphatic carbocycles. The molecule has 1 rings (SSSR count). The van der Waals surface area contributed by atoms with E-state index in [1.807, 2.05) is 13.8 Å². The van der Waals surface area contributed by atoms with Crippen molar-refractivity contribution in [3.8, 4) is 0 Å². The number of rotatable bonds is 2. The van der Waals surface area contributed by atoms with Gasteiger partial charge >= 0.3 is 0 Å². The summed E-state index contributed by atoms with van der Waals surface area (Å²) >= 11 is 4.62. The molecule has 0 saturated heterocycles. The van der Waals surface area contributed by atoms with Gasteiger partial charge in [0.15, 0.2) is 5.11 Å². The molecule has 0 fully saturated rings. The third-order valence-electron chi connectivity index (χ3n) is 1.56. The SMILES string of the molecule is CC(=NNC(N)=S)c1nccnc1C. The van der Waals surface area contributed by atoms with E-state index < -0.39 is 0 Å². The number of hydrazone groups is 1. The van der Waals surface area contributed by atoms with Gasteiger partial charge in [-0.15, -0.1) is 0 Å². The first-order valence-electron chi connectivity index (χ1n) is 3.99. The summed E-state index contributed by atoms with van der Waals surface area (Å²) in [5.41, 5.74) is 9.98. The van der Waals surface area contributed by atoms with Gasteiger partial charge in [0.2, 0.25) is 0 Å². The first-order chi connectivity index (χ1) is 6.61. The lowest BCUT2D eigenvalue weighted by Gasteiger charge is -2.02. The summed E-state index contributed by atoms with van der Waals surface area (Å²) in [4.78, 5) is 8.23. The molecule has 1 heterocycles. The molecular weight excluding hydrogens is 198 g/mol. The predicted molar refractivity (Wildman–Crippen MR) is 58.9 cm³/mol. The molecular formula is C8H11N5S. The number of hydrogen-bond donors (Lipinski definition) is 2.